The smallest absolute Gasteiger partial charge is 0.271 e. The minimum Gasteiger partial charge on any atom is -0.377 e. The van der Waals surface area contributed by atoms with Gasteiger partial charge in [-0.2, -0.15) is 0 Å². The van der Waals surface area contributed by atoms with Crippen LogP contribution in [0.5, 0.6) is 0 Å². The zero-order chi connectivity index (χ0) is 12.1. The number of amides is 1. The molecule has 1 fully saturated rings. The Balaban J connectivity index is 1.91. The van der Waals surface area contributed by atoms with Gasteiger partial charge in [0.1, 0.15) is 5.69 Å². The van der Waals surface area contributed by atoms with Crippen molar-refractivity contribution in [2.24, 2.45) is 0 Å². The van der Waals surface area contributed by atoms with Gasteiger partial charge in [-0.3, -0.25) is 9.78 Å². The van der Waals surface area contributed by atoms with Crippen LogP contribution in [-0.4, -0.2) is 46.2 Å². The Morgan fingerprint density at radius 3 is 3.33 bits per heavy atom. The van der Waals surface area contributed by atoms with E-state index in [9.17, 15) is 4.79 Å². The molecule has 0 aromatic carbocycles. The largest absolute Gasteiger partial charge is 0.377 e. The van der Waals surface area contributed by atoms with Gasteiger partial charge in [-0.25, -0.2) is 0 Å². The summed E-state index contributed by atoms with van der Waals surface area (Å²) in [7, 11) is 0. The highest BCUT2D eigenvalue weighted by atomic mass is 16.5. The molecule has 0 saturated carbocycles. The Kier molecular flexibility index (Phi) is 1.99. The van der Waals surface area contributed by atoms with Crippen LogP contribution in [0.4, 0.5) is 0 Å². The number of hydrogen-bond acceptors (Lipinski definition) is 3. The summed E-state index contributed by atoms with van der Waals surface area (Å²) < 4.78 is 7.54. The van der Waals surface area contributed by atoms with Crippen LogP contribution in [0.25, 0.3) is 11.0 Å². The predicted molar refractivity (Wildman–Crippen MR) is 65.4 cm³/mol. The molecule has 2 aromatic heterocycles. The van der Waals surface area contributed by atoms with Crippen molar-refractivity contribution in [3.8, 4) is 0 Å². The molecule has 0 radical (unpaired) electrons. The van der Waals surface area contributed by atoms with Gasteiger partial charge in [0.25, 0.3) is 5.91 Å². The molecule has 1 amide bonds. The number of carbonyl (C=O) groups excluding carboxylic acids is 1. The lowest BCUT2D eigenvalue weighted by atomic mass is 10.1. The number of rotatable bonds is 0. The number of carbonyl (C=O) groups is 1. The quantitative estimate of drug-likeness (QED) is 0.690. The van der Waals surface area contributed by atoms with E-state index in [2.05, 4.69) is 9.55 Å². The van der Waals surface area contributed by atoms with Crippen molar-refractivity contribution < 1.29 is 9.53 Å². The van der Waals surface area contributed by atoms with Crippen LogP contribution in [0.3, 0.4) is 0 Å². The van der Waals surface area contributed by atoms with Crippen LogP contribution in [-0.2, 0) is 11.3 Å². The summed E-state index contributed by atoms with van der Waals surface area (Å²) in [4.78, 5) is 18.7. The molecule has 5 heteroatoms. The van der Waals surface area contributed by atoms with Crippen LogP contribution in [0.15, 0.2) is 24.4 Å². The fourth-order valence-corrected chi connectivity index (χ4v) is 2.89. The second kappa shape index (κ2) is 3.55. The first kappa shape index (κ1) is 10.1. The van der Waals surface area contributed by atoms with Crippen molar-refractivity contribution in [1.29, 1.82) is 0 Å². The van der Waals surface area contributed by atoms with E-state index in [1.54, 1.807) is 6.20 Å². The summed E-state index contributed by atoms with van der Waals surface area (Å²) in [6.45, 7) is 2.76. The minimum atomic E-state index is 0.104. The summed E-state index contributed by atoms with van der Waals surface area (Å²) in [6, 6.07) is 5.97. The number of pyridine rings is 1. The summed E-state index contributed by atoms with van der Waals surface area (Å²) >= 11 is 0. The van der Waals surface area contributed by atoms with Crippen molar-refractivity contribution in [2.45, 2.75) is 12.6 Å². The van der Waals surface area contributed by atoms with Gasteiger partial charge < -0.3 is 14.2 Å². The highest BCUT2D eigenvalue weighted by Gasteiger charge is 2.35. The van der Waals surface area contributed by atoms with Gasteiger partial charge in [-0.15, -0.1) is 0 Å². The average molecular weight is 243 g/mol. The molecule has 0 bridgehead atoms. The summed E-state index contributed by atoms with van der Waals surface area (Å²) in [5, 5.41) is 0. The van der Waals surface area contributed by atoms with Crippen LogP contribution >= 0.6 is 0 Å². The Morgan fingerprint density at radius 1 is 1.44 bits per heavy atom. The Bertz CT molecular complexity index is 634. The molecule has 2 aliphatic heterocycles. The molecule has 1 unspecified atom stereocenters. The highest BCUT2D eigenvalue weighted by Crippen LogP contribution is 2.26. The highest BCUT2D eigenvalue weighted by molar-refractivity contribution is 5.98. The van der Waals surface area contributed by atoms with Gasteiger partial charge in [0.2, 0.25) is 0 Å². The van der Waals surface area contributed by atoms with Gasteiger partial charge in [0, 0.05) is 19.3 Å². The van der Waals surface area contributed by atoms with Crippen molar-refractivity contribution >= 4 is 16.9 Å². The van der Waals surface area contributed by atoms with Gasteiger partial charge in [-0.05, 0) is 18.2 Å². The van der Waals surface area contributed by atoms with Crippen molar-refractivity contribution in [2.75, 3.05) is 19.8 Å². The standard InChI is InChI=1S/C13H13N3O2/c17-13-12-6-10-11(2-1-3-14-10)16(12)7-9-8-18-5-4-15(9)13/h1-3,6,9H,4-5,7-8H2. The summed E-state index contributed by atoms with van der Waals surface area (Å²) in [6.07, 6.45) is 1.76. The molecule has 1 atom stereocenters. The van der Waals surface area contributed by atoms with Crippen molar-refractivity contribution in [3.63, 3.8) is 0 Å². The van der Waals surface area contributed by atoms with Crippen LogP contribution in [0.2, 0.25) is 0 Å². The lowest BCUT2D eigenvalue weighted by molar-refractivity contribution is -0.0129. The molecule has 5 nitrogen and oxygen atoms in total. The predicted octanol–water partition coefficient (Wildman–Crippen LogP) is 0.891. The fourth-order valence-electron chi connectivity index (χ4n) is 2.89. The monoisotopic (exact) mass is 243 g/mol. The number of hydrogen-bond donors (Lipinski definition) is 0. The summed E-state index contributed by atoms with van der Waals surface area (Å²) in [5.41, 5.74) is 2.68. The van der Waals surface area contributed by atoms with Crippen LogP contribution in [0, 0.1) is 0 Å². The molecule has 2 aromatic rings. The topological polar surface area (TPSA) is 47.4 Å². The van der Waals surface area contributed by atoms with Crippen molar-refractivity contribution in [3.05, 3.63) is 30.1 Å². The second-order valence-electron chi connectivity index (χ2n) is 4.78. The van der Waals surface area contributed by atoms with E-state index in [0.717, 1.165) is 23.3 Å². The minimum absolute atomic E-state index is 0.104. The number of morpholine rings is 1. The third-order valence-electron chi connectivity index (χ3n) is 3.77. The molecular formula is C13H13N3O2. The molecule has 4 rings (SSSR count). The SMILES string of the molecule is O=C1c2cc3ncccc3n2CC2COCCN12. The molecule has 0 N–H and O–H groups in total. The zero-order valence-electron chi connectivity index (χ0n) is 9.87. The van der Waals surface area contributed by atoms with E-state index in [0.29, 0.717) is 19.8 Å². The van der Waals surface area contributed by atoms with E-state index >= 15 is 0 Å². The molecule has 4 heterocycles. The third kappa shape index (κ3) is 1.25. The van der Waals surface area contributed by atoms with Gasteiger partial charge in [-0.1, -0.05) is 0 Å². The lowest BCUT2D eigenvalue weighted by Crippen LogP contribution is -2.54. The maximum absolute atomic E-state index is 12.4. The molecule has 92 valence electrons. The average Bonchev–Trinajstić information content (AvgIpc) is 2.79. The van der Waals surface area contributed by atoms with Gasteiger partial charge in [0.15, 0.2) is 0 Å². The van der Waals surface area contributed by atoms with Gasteiger partial charge >= 0.3 is 0 Å². The first-order valence-electron chi connectivity index (χ1n) is 6.17. The fraction of sp³-hybridized carbons (Fsp3) is 0.385. The number of ether oxygens (including phenoxy) is 1. The second-order valence-corrected chi connectivity index (χ2v) is 4.78. The van der Waals surface area contributed by atoms with Gasteiger partial charge in [0.05, 0.1) is 30.3 Å². The molecule has 2 aliphatic rings. The van der Waals surface area contributed by atoms with E-state index in [1.807, 2.05) is 23.1 Å². The zero-order valence-corrected chi connectivity index (χ0v) is 9.87. The van der Waals surface area contributed by atoms with E-state index < -0.39 is 0 Å². The third-order valence-corrected chi connectivity index (χ3v) is 3.77. The first-order chi connectivity index (χ1) is 8.84. The molecular weight excluding hydrogens is 230 g/mol. The maximum atomic E-state index is 12.4. The summed E-state index contributed by atoms with van der Waals surface area (Å²) in [5.74, 6) is 0.104. The van der Waals surface area contributed by atoms with Crippen LogP contribution in [0.1, 0.15) is 10.5 Å². The number of aromatic nitrogens is 2. The maximum Gasteiger partial charge on any atom is 0.271 e. The van der Waals surface area contributed by atoms with E-state index in [1.165, 1.54) is 0 Å². The molecule has 18 heavy (non-hydrogen) atoms. The number of nitrogens with zero attached hydrogens (tertiary/aromatic N) is 3. The van der Waals surface area contributed by atoms with Crippen LogP contribution < -0.4 is 0 Å². The lowest BCUT2D eigenvalue weighted by Gasteiger charge is -2.39. The normalized spacial score (nSPS) is 23.0. The molecule has 0 spiro atoms. The Morgan fingerprint density at radius 2 is 2.39 bits per heavy atom. The Hall–Kier alpha value is -1.88. The van der Waals surface area contributed by atoms with Crippen molar-refractivity contribution in [1.82, 2.24) is 14.5 Å². The first-order valence-corrected chi connectivity index (χ1v) is 6.17. The number of fused-ring (bicyclic) bond motifs is 4. The van der Waals surface area contributed by atoms with E-state index in [-0.39, 0.29) is 11.9 Å². The Labute approximate surface area is 104 Å². The van der Waals surface area contributed by atoms with E-state index in [4.69, 9.17) is 4.74 Å². The molecule has 0 aliphatic carbocycles. The molecule has 1 saturated heterocycles.